The molecule has 0 atom stereocenters. The van der Waals surface area contributed by atoms with Gasteiger partial charge in [-0.15, -0.1) is 0 Å². The van der Waals surface area contributed by atoms with Gasteiger partial charge in [0.05, 0.1) is 28.8 Å². The van der Waals surface area contributed by atoms with Crippen LogP contribution in [0.5, 0.6) is 0 Å². The Hall–Kier alpha value is -10.1. The predicted octanol–water partition coefficient (Wildman–Crippen LogP) is 21.7. The van der Waals surface area contributed by atoms with Crippen LogP contribution >= 0.6 is 0 Å². The Morgan fingerprint density at radius 2 is 0.753 bits per heavy atom. The molecule has 16 aromatic rings. The number of hydrogen-bond acceptors (Lipinski definition) is 1. The molecule has 0 spiro atoms. The minimum atomic E-state index is -0.871. The molecule has 0 saturated carbocycles. The second-order valence-electron chi connectivity index (χ2n) is 18.6. The highest BCUT2D eigenvalue weighted by Crippen LogP contribution is 2.48. The molecule has 1 heterocycles. The van der Waals surface area contributed by atoms with Crippen LogP contribution in [0.4, 0.5) is 0 Å². The van der Waals surface area contributed by atoms with Gasteiger partial charge in [-0.05, 0) is 155 Å². The summed E-state index contributed by atoms with van der Waals surface area (Å²) >= 11 is 0. The Morgan fingerprint density at radius 3 is 1.44 bits per heavy atom. The van der Waals surface area contributed by atoms with E-state index in [4.69, 9.17) is 26.3 Å². The molecule has 0 bridgehead atoms. The van der Waals surface area contributed by atoms with Gasteiger partial charge in [0.15, 0.2) is 0 Å². The van der Waals surface area contributed by atoms with E-state index >= 15 is 0 Å². The minimum absolute atomic E-state index is 0.146. The Kier molecular flexibility index (Phi) is 6.69. The second kappa shape index (κ2) is 18.4. The van der Waals surface area contributed by atoms with Gasteiger partial charge in [0.25, 0.3) is 0 Å². The molecule has 0 radical (unpaired) electrons. The van der Waals surface area contributed by atoms with Gasteiger partial charge >= 0.3 is 0 Å². The van der Waals surface area contributed by atoms with Crippen molar-refractivity contribution < 1.29 is 33.2 Å². The van der Waals surface area contributed by atoms with Gasteiger partial charge in [-0.2, -0.15) is 0 Å². The van der Waals surface area contributed by atoms with Crippen LogP contribution in [0.1, 0.15) is 28.8 Å². The zero-order chi connectivity index (χ0) is 69.1. The molecule has 0 N–H and O–H groups in total. The highest BCUT2D eigenvalue weighted by molar-refractivity contribution is 6.27. The summed E-state index contributed by atoms with van der Waals surface area (Å²) < 4.78 is 190. The normalized spacial score (nSPS) is 15.5. The van der Waals surface area contributed by atoms with Crippen LogP contribution in [0.2, 0.25) is 0 Å². The number of furan rings is 1. The third kappa shape index (κ3) is 7.47. The summed E-state index contributed by atoms with van der Waals surface area (Å²) in [5.41, 5.74) is 4.55. The molecule has 15 aromatic carbocycles. The monoisotopic (exact) mass is 998 g/mol. The van der Waals surface area contributed by atoms with Gasteiger partial charge in [0, 0.05) is 10.8 Å². The molecule has 0 aliphatic heterocycles. The number of fused-ring (bicyclic) bond motifs is 10. The first-order valence-electron chi connectivity index (χ1n) is 35.3. The summed E-state index contributed by atoms with van der Waals surface area (Å²) in [6, 6.07) is 42.3. The molecule has 16 rings (SSSR count). The first-order valence-corrected chi connectivity index (χ1v) is 24.8. The zero-order valence-corrected chi connectivity index (χ0v) is 40.5. The Labute approximate surface area is 475 Å². The van der Waals surface area contributed by atoms with Crippen molar-refractivity contribution in [3.8, 4) is 55.6 Å². The van der Waals surface area contributed by atoms with E-state index in [0.717, 1.165) is 0 Å². The maximum Gasteiger partial charge on any atom is 0.136 e. The van der Waals surface area contributed by atoms with E-state index in [1.807, 2.05) is 0 Å². The highest BCUT2D eigenvalue weighted by Gasteiger charge is 2.21. The van der Waals surface area contributed by atoms with Crippen molar-refractivity contribution in [1.82, 2.24) is 0 Å². The molecular weight excluding hydrogens is 929 g/mol. The van der Waals surface area contributed by atoms with E-state index in [-0.39, 0.29) is 27.1 Å². The fraction of sp³-hybridized carbons (Fsp3) is 0. The maximum absolute atomic E-state index is 9.35. The van der Waals surface area contributed by atoms with Crippen LogP contribution in [0.3, 0.4) is 0 Å². The lowest BCUT2D eigenvalue weighted by molar-refractivity contribution is 0.669. The first kappa shape index (κ1) is 28.0. The van der Waals surface area contributed by atoms with E-state index in [2.05, 4.69) is 158 Å². The average Bonchev–Trinajstić information content (AvgIpc) is 0.846. The van der Waals surface area contributed by atoms with Crippen molar-refractivity contribution in [3.05, 3.63) is 291 Å². The molecule has 1 heteroatoms. The van der Waals surface area contributed by atoms with Crippen LogP contribution in [0, 0.1) is 0 Å². The summed E-state index contributed by atoms with van der Waals surface area (Å²) in [4.78, 5) is 0. The molecule has 0 aliphatic rings. The van der Waals surface area contributed by atoms with Crippen LogP contribution in [-0.2, 0) is 0 Å². The SMILES string of the molecule is [2H]c1c([2H])c([2H])c(-c2c3c([2H])c([2H])c([2H])c([2H])c3c(-c3c([2H])c([2H])c([2H])c4oc5c([2H])c6c([2H])c([2H])c([2H])c([2H])c6cc5c34)c3c([2H])c([2H])c([2H])c([2H])c23)c([2H])c1[2H].c1ccc2cc(-c3ccc(-c4c5ccccc5c(-c5cccc6ccccc56)c5ccccc45)cc3)ccc2c1. The van der Waals surface area contributed by atoms with Gasteiger partial charge in [-0.3, -0.25) is 0 Å². The molecule has 0 unspecified atom stereocenters. The second-order valence-corrected chi connectivity index (χ2v) is 18.6. The molecule has 77 heavy (non-hydrogen) atoms. The third-order valence-corrected chi connectivity index (χ3v) is 14.4. The van der Waals surface area contributed by atoms with Crippen molar-refractivity contribution in [3.63, 3.8) is 0 Å². The smallest absolute Gasteiger partial charge is 0.136 e. The lowest BCUT2D eigenvalue weighted by Crippen LogP contribution is -1.91. The summed E-state index contributed by atoms with van der Waals surface area (Å²) in [6.07, 6.45) is 0. The van der Waals surface area contributed by atoms with Crippen LogP contribution < -0.4 is 0 Å². The fourth-order valence-corrected chi connectivity index (χ4v) is 11.1. The van der Waals surface area contributed by atoms with E-state index in [1.165, 1.54) is 82.5 Å². The topological polar surface area (TPSA) is 13.1 Å². The van der Waals surface area contributed by atoms with E-state index < -0.39 is 176 Å². The number of benzene rings is 15. The lowest BCUT2D eigenvalue weighted by atomic mass is 9.84. The Morgan fingerprint density at radius 1 is 0.247 bits per heavy atom. The average molecular weight is 998 g/mol. The quantitative estimate of drug-likeness (QED) is 0.157. The zero-order valence-electron chi connectivity index (χ0n) is 61.5. The standard InChI is InChI=1S/C40H26.C36H22O/c1-2-12-31-26-32(25-22-27(31)10-1)28-20-23-30(24-21-28)39-35-15-5-7-17-37(35)40(38-18-8-6-16-36(38)39)34-19-9-13-29-11-3-4-14-33(29)34;1-2-11-23(12-3-1)34-26-15-6-8-17-28(26)35(29-18-9-7-16-27(29)34)30-19-10-20-32-36(30)31-21-24-13-4-5-14-25(24)22-33(31)37-32/h1-26H;1-22H/i;1D,2D,3D,4D,5D,6D,7D,8D,9D,10D,11D,12D,13D,14D,15D,16D,17D,18D,19D,20D,22D. The van der Waals surface area contributed by atoms with Crippen molar-refractivity contribution in [1.29, 1.82) is 0 Å². The molecule has 1 aromatic heterocycles. The van der Waals surface area contributed by atoms with Crippen molar-refractivity contribution in [2.75, 3.05) is 0 Å². The maximum atomic E-state index is 9.35. The number of hydrogen-bond donors (Lipinski definition) is 0. The summed E-state index contributed by atoms with van der Waals surface area (Å²) in [5.74, 6) is 0. The number of rotatable bonds is 5. The molecular formula is C76H48O. The molecule has 0 amide bonds. The van der Waals surface area contributed by atoms with Gasteiger partial charge in [0.2, 0.25) is 0 Å². The largest absolute Gasteiger partial charge is 0.456 e. The molecule has 358 valence electrons. The predicted molar refractivity (Wildman–Crippen MR) is 330 cm³/mol. The molecule has 0 fully saturated rings. The van der Waals surface area contributed by atoms with Crippen molar-refractivity contribution in [2.45, 2.75) is 0 Å². The minimum Gasteiger partial charge on any atom is -0.456 e. The van der Waals surface area contributed by atoms with Crippen molar-refractivity contribution >= 4 is 97.3 Å². The Bertz CT molecular complexity index is 6090. The van der Waals surface area contributed by atoms with Gasteiger partial charge < -0.3 is 4.42 Å². The summed E-state index contributed by atoms with van der Waals surface area (Å²) in [5, 5.41) is 7.10. The first-order chi connectivity index (χ1) is 46.9. The van der Waals surface area contributed by atoms with Gasteiger partial charge in [-0.1, -0.05) is 266 Å². The van der Waals surface area contributed by atoms with Crippen LogP contribution in [-0.4, -0.2) is 0 Å². The van der Waals surface area contributed by atoms with Crippen LogP contribution in [0.25, 0.3) is 153 Å². The summed E-state index contributed by atoms with van der Waals surface area (Å²) in [6.45, 7) is 0. The van der Waals surface area contributed by atoms with E-state index in [1.54, 1.807) is 0 Å². The van der Waals surface area contributed by atoms with Crippen LogP contribution in [0.15, 0.2) is 295 Å². The molecule has 1 nitrogen and oxygen atoms in total. The molecule has 0 saturated heterocycles. The van der Waals surface area contributed by atoms with Crippen molar-refractivity contribution in [2.24, 2.45) is 0 Å². The lowest BCUT2D eigenvalue weighted by Gasteiger charge is -2.19. The summed E-state index contributed by atoms with van der Waals surface area (Å²) in [7, 11) is 0. The fourth-order valence-electron chi connectivity index (χ4n) is 11.1. The highest BCUT2D eigenvalue weighted by atomic mass is 16.3. The Balaban J connectivity index is 0.000000170. The third-order valence-electron chi connectivity index (χ3n) is 14.4. The van der Waals surface area contributed by atoms with Gasteiger partial charge in [-0.25, -0.2) is 0 Å². The van der Waals surface area contributed by atoms with E-state index in [9.17, 15) is 6.85 Å². The van der Waals surface area contributed by atoms with Gasteiger partial charge in [0.1, 0.15) is 11.2 Å². The van der Waals surface area contributed by atoms with E-state index in [0.29, 0.717) is 0 Å². The molecule has 0 aliphatic carbocycles.